The fourth-order valence-corrected chi connectivity index (χ4v) is 2.82. The average Bonchev–Trinajstić information content (AvgIpc) is 2.88. The zero-order chi connectivity index (χ0) is 15.0. The van der Waals surface area contributed by atoms with Crippen LogP contribution < -0.4 is 5.32 Å². The molecular formula is C14H26N2O4. The second-order valence-electron chi connectivity index (χ2n) is 5.39. The molecule has 1 aliphatic rings. The van der Waals surface area contributed by atoms with Gasteiger partial charge in [-0.1, -0.05) is 26.2 Å². The Hall–Kier alpha value is -1.30. The Morgan fingerprint density at radius 3 is 2.50 bits per heavy atom. The minimum Gasteiger partial charge on any atom is -0.481 e. The molecule has 0 aromatic heterocycles. The predicted molar refractivity (Wildman–Crippen MR) is 75.5 cm³/mol. The van der Waals surface area contributed by atoms with Gasteiger partial charge in [-0.3, -0.25) is 4.79 Å². The van der Waals surface area contributed by atoms with E-state index in [-0.39, 0.29) is 31.1 Å². The molecule has 0 aromatic carbocycles. The first-order valence-corrected chi connectivity index (χ1v) is 7.48. The molecule has 6 heteroatoms. The summed E-state index contributed by atoms with van der Waals surface area (Å²) in [7, 11) is 0. The average molecular weight is 286 g/mol. The molecule has 0 bridgehead atoms. The van der Waals surface area contributed by atoms with Crippen LogP contribution in [0.2, 0.25) is 0 Å². The van der Waals surface area contributed by atoms with Gasteiger partial charge in [-0.25, -0.2) is 4.79 Å². The van der Waals surface area contributed by atoms with Crippen molar-refractivity contribution in [2.75, 3.05) is 13.2 Å². The SMILES string of the molecule is CCCC(CC(=O)O)NC(=O)N(CCO)C1CCCC1. The molecule has 2 amide bonds. The van der Waals surface area contributed by atoms with Gasteiger partial charge in [0.15, 0.2) is 0 Å². The van der Waals surface area contributed by atoms with Crippen LogP contribution in [0.4, 0.5) is 4.79 Å². The third-order valence-electron chi connectivity index (χ3n) is 3.75. The normalized spacial score (nSPS) is 16.9. The van der Waals surface area contributed by atoms with Gasteiger partial charge < -0.3 is 20.4 Å². The number of carbonyl (C=O) groups is 2. The Morgan fingerprint density at radius 1 is 1.35 bits per heavy atom. The molecular weight excluding hydrogens is 260 g/mol. The number of rotatable bonds is 8. The molecule has 1 unspecified atom stereocenters. The Balaban J connectivity index is 2.59. The quantitative estimate of drug-likeness (QED) is 0.632. The number of urea groups is 1. The molecule has 6 nitrogen and oxygen atoms in total. The summed E-state index contributed by atoms with van der Waals surface area (Å²) in [4.78, 5) is 24.8. The topological polar surface area (TPSA) is 89.9 Å². The summed E-state index contributed by atoms with van der Waals surface area (Å²) in [5, 5.41) is 20.8. The summed E-state index contributed by atoms with van der Waals surface area (Å²) in [5.41, 5.74) is 0. The largest absolute Gasteiger partial charge is 0.481 e. The molecule has 0 aliphatic heterocycles. The first kappa shape index (κ1) is 16.8. The van der Waals surface area contributed by atoms with Crippen molar-refractivity contribution in [2.24, 2.45) is 0 Å². The van der Waals surface area contributed by atoms with E-state index in [4.69, 9.17) is 10.2 Å². The zero-order valence-corrected chi connectivity index (χ0v) is 12.2. The number of aliphatic hydroxyl groups excluding tert-OH is 1. The van der Waals surface area contributed by atoms with Crippen LogP contribution in [0.1, 0.15) is 51.9 Å². The maximum absolute atomic E-state index is 12.3. The molecule has 0 heterocycles. The molecule has 1 saturated carbocycles. The molecule has 1 rings (SSSR count). The van der Waals surface area contributed by atoms with Crippen molar-refractivity contribution in [2.45, 2.75) is 64.0 Å². The van der Waals surface area contributed by atoms with Crippen molar-refractivity contribution in [1.82, 2.24) is 10.2 Å². The highest BCUT2D eigenvalue weighted by molar-refractivity contribution is 5.76. The smallest absolute Gasteiger partial charge is 0.317 e. The lowest BCUT2D eigenvalue weighted by molar-refractivity contribution is -0.137. The monoisotopic (exact) mass is 286 g/mol. The molecule has 0 aromatic rings. The van der Waals surface area contributed by atoms with Crippen molar-refractivity contribution < 1.29 is 19.8 Å². The van der Waals surface area contributed by atoms with Crippen LogP contribution in [0.25, 0.3) is 0 Å². The molecule has 20 heavy (non-hydrogen) atoms. The van der Waals surface area contributed by atoms with E-state index in [9.17, 15) is 9.59 Å². The third-order valence-corrected chi connectivity index (χ3v) is 3.75. The lowest BCUT2D eigenvalue weighted by Gasteiger charge is -2.30. The second-order valence-corrected chi connectivity index (χ2v) is 5.39. The maximum atomic E-state index is 12.3. The Kier molecular flexibility index (Phi) is 7.36. The number of aliphatic carboxylic acids is 1. The van der Waals surface area contributed by atoms with Gasteiger partial charge in [-0.05, 0) is 19.3 Å². The number of amides is 2. The van der Waals surface area contributed by atoms with Crippen molar-refractivity contribution in [3.63, 3.8) is 0 Å². The minimum absolute atomic E-state index is 0.0583. The van der Waals surface area contributed by atoms with Crippen LogP contribution in [0, 0.1) is 0 Å². The first-order chi connectivity index (χ1) is 9.58. The number of carbonyl (C=O) groups excluding carboxylic acids is 1. The van der Waals surface area contributed by atoms with Gasteiger partial charge in [-0.2, -0.15) is 0 Å². The molecule has 1 atom stereocenters. The lowest BCUT2D eigenvalue weighted by atomic mass is 10.1. The standard InChI is InChI=1S/C14H26N2O4/c1-2-5-11(10-13(18)19)15-14(20)16(8-9-17)12-6-3-4-7-12/h11-12,17H,2-10H2,1H3,(H,15,20)(H,18,19). The van der Waals surface area contributed by atoms with Crippen molar-refractivity contribution in [1.29, 1.82) is 0 Å². The molecule has 0 radical (unpaired) electrons. The van der Waals surface area contributed by atoms with Gasteiger partial charge in [0.1, 0.15) is 0 Å². The van der Waals surface area contributed by atoms with Gasteiger partial charge in [0.25, 0.3) is 0 Å². The van der Waals surface area contributed by atoms with E-state index in [0.29, 0.717) is 13.0 Å². The number of carboxylic acids is 1. The van der Waals surface area contributed by atoms with Crippen molar-refractivity contribution in [3.8, 4) is 0 Å². The van der Waals surface area contributed by atoms with Crippen LogP contribution >= 0.6 is 0 Å². The van der Waals surface area contributed by atoms with Gasteiger partial charge in [0.2, 0.25) is 0 Å². The van der Waals surface area contributed by atoms with Crippen LogP contribution in [0.3, 0.4) is 0 Å². The zero-order valence-electron chi connectivity index (χ0n) is 12.2. The number of hydrogen-bond donors (Lipinski definition) is 3. The minimum atomic E-state index is -0.904. The van der Waals surface area contributed by atoms with Crippen LogP contribution in [-0.4, -0.2) is 52.3 Å². The van der Waals surface area contributed by atoms with E-state index in [1.807, 2.05) is 6.92 Å². The third kappa shape index (κ3) is 5.36. The highest BCUT2D eigenvalue weighted by atomic mass is 16.4. The number of nitrogens with zero attached hydrogens (tertiary/aromatic N) is 1. The molecule has 3 N–H and O–H groups in total. The summed E-state index contributed by atoms with van der Waals surface area (Å²) in [6.07, 6.45) is 5.55. The fraction of sp³-hybridized carbons (Fsp3) is 0.857. The first-order valence-electron chi connectivity index (χ1n) is 7.48. The van der Waals surface area contributed by atoms with E-state index < -0.39 is 5.97 Å². The lowest BCUT2D eigenvalue weighted by Crippen LogP contribution is -2.50. The number of aliphatic hydroxyl groups is 1. The van der Waals surface area contributed by atoms with Gasteiger partial charge in [0.05, 0.1) is 13.0 Å². The van der Waals surface area contributed by atoms with Crippen molar-refractivity contribution >= 4 is 12.0 Å². The van der Waals surface area contributed by atoms with Crippen LogP contribution in [0.15, 0.2) is 0 Å². The van der Waals surface area contributed by atoms with E-state index in [1.165, 1.54) is 0 Å². The van der Waals surface area contributed by atoms with E-state index in [1.54, 1.807) is 4.90 Å². The highest BCUT2D eigenvalue weighted by Crippen LogP contribution is 2.23. The number of nitrogens with one attached hydrogen (secondary N) is 1. The Morgan fingerprint density at radius 2 is 2.00 bits per heavy atom. The Labute approximate surface area is 120 Å². The molecule has 1 fully saturated rings. The van der Waals surface area contributed by atoms with E-state index in [0.717, 1.165) is 32.1 Å². The van der Waals surface area contributed by atoms with Gasteiger partial charge in [0, 0.05) is 18.6 Å². The Bertz CT molecular complexity index is 316. The predicted octanol–water partition coefficient (Wildman–Crippen LogP) is 1.58. The van der Waals surface area contributed by atoms with Gasteiger partial charge >= 0.3 is 12.0 Å². The summed E-state index contributed by atoms with van der Waals surface area (Å²) >= 11 is 0. The summed E-state index contributed by atoms with van der Waals surface area (Å²) < 4.78 is 0. The maximum Gasteiger partial charge on any atom is 0.317 e. The van der Waals surface area contributed by atoms with Crippen molar-refractivity contribution in [3.05, 3.63) is 0 Å². The summed E-state index contributed by atoms with van der Waals surface area (Å²) in [5.74, 6) is -0.904. The van der Waals surface area contributed by atoms with E-state index >= 15 is 0 Å². The number of hydrogen-bond acceptors (Lipinski definition) is 3. The van der Waals surface area contributed by atoms with E-state index in [2.05, 4.69) is 5.32 Å². The molecule has 0 saturated heterocycles. The van der Waals surface area contributed by atoms with Gasteiger partial charge in [-0.15, -0.1) is 0 Å². The summed E-state index contributed by atoms with van der Waals surface area (Å²) in [6.45, 7) is 2.20. The van der Waals surface area contributed by atoms with Crippen LogP contribution in [0.5, 0.6) is 0 Å². The molecule has 0 spiro atoms. The molecule has 1 aliphatic carbocycles. The fourth-order valence-electron chi connectivity index (χ4n) is 2.82. The second kappa shape index (κ2) is 8.79. The van der Waals surface area contributed by atoms with Crippen LogP contribution in [-0.2, 0) is 4.79 Å². The number of carboxylic acid groups (broad SMARTS) is 1. The highest BCUT2D eigenvalue weighted by Gasteiger charge is 2.27. The summed E-state index contributed by atoms with van der Waals surface area (Å²) in [6, 6.07) is -0.410. The molecule has 116 valence electrons.